The molecule has 94 valence electrons. The van der Waals surface area contributed by atoms with Crippen LogP contribution in [0.1, 0.15) is 13.8 Å². The molecule has 0 bridgehead atoms. The molecule has 6 heteroatoms. The first kappa shape index (κ1) is 12.6. The topological polar surface area (TPSA) is 80.9 Å². The van der Waals surface area contributed by atoms with E-state index in [4.69, 9.17) is 17.3 Å². The molecule has 1 amide bonds. The van der Waals surface area contributed by atoms with Gasteiger partial charge in [0, 0.05) is 17.5 Å². The number of nitrogens with two attached hydrogens (primary N) is 1. The number of amides is 1. The Kier molecular flexibility index (Phi) is 3.34. The summed E-state index contributed by atoms with van der Waals surface area (Å²) in [6, 6.07) is 3.40. The van der Waals surface area contributed by atoms with Crippen molar-refractivity contribution in [3.8, 4) is 0 Å². The average Bonchev–Trinajstić information content (AvgIpc) is 2.27. The van der Waals surface area contributed by atoms with E-state index in [2.05, 4.69) is 15.3 Å². The van der Waals surface area contributed by atoms with Crippen molar-refractivity contribution in [3.63, 3.8) is 0 Å². The molecule has 2 rings (SSSR count). The Hall–Kier alpha value is -1.88. The average molecular weight is 265 g/mol. The number of aromatic nitrogens is 2. The van der Waals surface area contributed by atoms with Crippen molar-refractivity contribution >= 4 is 39.9 Å². The van der Waals surface area contributed by atoms with Crippen LogP contribution in [0.15, 0.2) is 18.3 Å². The molecule has 18 heavy (non-hydrogen) atoms. The summed E-state index contributed by atoms with van der Waals surface area (Å²) in [5.74, 6) is 0.609. The van der Waals surface area contributed by atoms with E-state index >= 15 is 0 Å². The third-order valence-electron chi connectivity index (χ3n) is 2.49. The monoisotopic (exact) mass is 264 g/mol. The van der Waals surface area contributed by atoms with Crippen LogP contribution < -0.4 is 11.1 Å². The quantitative estimate of drug-likeness (QED) is 0.817. The van der Waals surface area contributed by atoms with Crippen LogP contribution in [0.25, 0.3) is 10.8 Å². The zero-order valence-corrected chi connectivity index (χ0v) is 10.8. The van der Waals surface area contributed by atoms with Crippen LogP contribution in [0.3, 0.4) is 0 Å². The van der Waals surface area contributed by atoms with Gasteiger partial charge in [0.2, 0.25) is 5.91 Å². The Balaban J connectivity index is 2.41. The SMILES string of the molecule is CC(C)C(=O)Nc1cc2cc(Cl)nc(N)c2cn1. The molecule has 0 aromatic carbocycles. The lowest BCUT2D eigenvalue weighted by molar-refractivity contribution is -0.118. The van der Waals surface area contributed by atoms with E-state index in [-0.39, 0.29) is 11.8 Å². The van der Waals surface area contributed by atoms with Crippen LogP contribution >= 0.6 is 11.6 Å². The summed E-state index contributed by atoms with van der Waals surface area (Å²) in [7, 11) is 0. The minimum Gasteiger partial charge on any atom is -0.383 e. The van der Waals surface area contributed by atoms with Crippen LogP contribution in [0.4, 0.5) is 11.6 Å². The highest BCUT2D eigenvalue weighted by Gasteiger charge is 2.09. The fourth-order valence-electron chi connectivity index (χ4n) is 1.48. The van der Waals surface area contributed by atoms with Gasteiger partial charge in [-0.15, -0.1) is 0 Å². The highest BCUT2D eigenvalue weighted by molar-refractivity contribution is 6.30. The zero-order chi connectivity index (χ0) is 13.3. The van der Waals surface area contributed by atoms with Crippen molar-refractivity contribution in [2.75, 3.05) is 11.1 Å². The van der Waals surface area contributed by atoms with Gasteiger partial charge < -0.3 is 11.1 Å². The number of carbonyl (C=O) groups excluding carboxylic acids is 1. The molecule has 0 aliphatic heterocycles. The molecule has 0 saturated carbocycles. The normalized spacial score (nSPS) is 10.9. The molecular weight excluding hydrogens is 252 g/mol. The van der Waals surface area contributed by atoms with Gasteiger partial charge in [-0.3, -0.25) is 4.79 Å². The lowest BCUT2D eigenvalue weighted by atomic mass is 10.2. The van der Waals surface area contributed by atoms with Gasteiger partial charge in [0.05, 0.1) is 0 Å². The number of anilines is 2. The molecule has 0 saturated heterocycles. The van der Waals surface area contributed by atoms with Crippen LogP contribution in [-0.2, 0) is 4.79 Å². The fourth-order valence-corrected chi connectivity index (χ4v) is 1.69. The summed E-state index contributed by atoms with van der Waals surface area (Å²) < 4.78 is 0. The number of halogens is 1. The van der Waals surface area contributed by atoms with Gasteiger partial charge in [0.15, 0.2) is 0 Å². The molecule has 0 aliphatic rings. The second-order valence-electron chi connectivity index (χ2n) is 4.26. The summed E-state index contributed by atoms with van der Waals surface area (Å²) in [6.07, 6.45) is 1.57. The number of carbonyl (C=O) groups is 1. The van der Waals surface area contributed by atoms with Gasteiger partial charge in [-0.2, -0.15) is 0 Å². The Morgan fingerprint density at radius 1 is 1.44 bits per heavy atom. The van der Waals surface area contributed by atoms with Crippen molar-refractivity contribution in [2.45, 2.75) is 13.8 Å². The maximum absolute atomic E-state index is 11.6. The summed E-state index contributed by atoms with van der Waals surface area (Å²) in [6.45, 7) is 3.63. The first-order valence-corrected chi connectivity index (χ1v) is 5.88. The van der Waals surface area contributed by atoms with Gasteiger partial charge in [0.1, 0.15) is 16.8 Å². The van der Waals surface area contributed by atoms with Crippen LogP contribution in [-0.4, -0.2) is 15.9 Å². The zero-order valence-electron chi connectivity index (χ0n) is 10.1. The molecule has 2 aromatic rings. The molecular formula is C12H13ClN4O. The fraction of sp³-hybridized carbons (Fsp3) is 0.250. The van der Waals surface area contributed by atoms with Crippen LogP contribution in [0.2, 0.25) is 5.15 Å². The lowest BCUT2D eigenvalue weighted by Crippen LogP contribution is -2.18. The minimum absolute atomic E-state index is 0.0880. The molecule has 2 aromatic heterocycles. The third-order valence-corrected chi connectivity index (χ3v) is 2.68. The largest absolute Gasteiger partial charge is 0.383 e. The van der Waals surface area contributed by atoms with Crippen molar-refractivity contribution in [1.82, 2.24) is 9.97 Å². The Labute approximate surface area is 109 Å². The number of nitrogen functional groups attached to an aromatic ring is 1. The second-order valence-corrected chi connectivity index (χ2v) is 4.65. The highest BCUT2D eigenvalue weighted by atomic mass is 35.5. The predicted molar refractivity (Wildman–Crippen MR) is 72.4 cm³/mol. The standard InChI is InChI=1S/C12H13ClN4O/c1-6(2)12(18)17-10-4-7-3-9(13)16-11(14)8(7)5-15-10/h3-6H,1-2H3,(H2,14,16)(H,15,17,18). The number of nitrogens with one attached hydrogen (secondary N) is 1. The predicted octanol–water partition coefficient (Wildman–Crippen LogP) is 2.46. The first-order chi connectivity index (χ1) is 8.47. The molecule has 3 N–H and O–H groups in total. The molecule has 2 heterocycles. The first-order valence-electron chi connectivity index (χ1n) is 5.50. The van der Waals surface area contributed by atoms with Gasteiger partial charge in [-0.05, 0) is 17.5 Å². The third kappa shape index (κ3) is 2.51. The van der Waals surface area contributed by atoms with Gasteiger partial charge in [-0.25, -0.2) is 9.97 Å². The van der Waals surface area contributed by atoms with Crippen molar-refractivity contribution in [1.29, 1.82) is 0 Å². The van der Waals surface area contributed by atoms with E-state index in [9.17, 15) is 4.79 Å². The second kappa shape index (κ2) is 4.78. The molecule has 0 spiro atoms. The van der Waals surface area contributed by atoms with Gasteiger partial charge >= 0.3 is 0 Å². The Morgan fingerprint density at radius 2 is 2.17 bits per heavy atom. The highest BCUT2D eigenvalue weighted by Crippen LogP contribution is 2.24. The van der Waals surface area contributed by atoms with Crippen molar-refractivity contribution in [2.24, 2.45) is 5.92 Å². The van der Waals surface area contributed by atoms with Crippen LogP contribution in [0.5, 0.6) is 0 Å². The minimum atomic E-state index is -0.103. The summed E-state index contributed by atoms with van der Waals surface area (Å²) in [5.41, 5.74) is 5.73. The van der Waals surface area contributed by atoms with Gasteiger partial charge in [-0.1, -0.05) is 25.4 Å². The van der Waals surface area contributed by atoms with Gasteiger partial charge in [0.25, 0.3) is 0 Å². The number of nitrogens with zero attached hydrogens (tertiary/aromatic N) is 2. The van der Waals surface area contributed by atoms with Crippen LogP contribution in [0, 0.1) is 5.92 Å². The summed E-state index contributed by atoms with van der Waals surface area (Å²) in [4.78, 5) is 19.6. The molecule has 5 nitrogen and oxygen atoms in total. The molecule has 0 fully saturated rings. The summed E-state index contributed by atoms with van der Waals surface area (Å²) in [5, 5.41) is 4.53. The molecule has 0 atom stereocenters. The smallest absolute Gasteiger partial charge is 0.228 e. The Bertz CT molecular complexity index is 612. The molecule has 0 unspecified atom stereocenters. The molecule has 0 radical (unpaired) electrons. The number of fused-ring (bicyclic) bond motifs is 1. The number of hydrogen-bond donors (Lipinski definition) is 2. The maximum atomic E-state index is 11.6. The molecule has 0 aliphatic carbocycles. The number of rotatable bonds is 2. The van der Waals surface area contributed by atoms with E-state index < -0.39 is 0 Å². The van der Waals surface area contributed by atoms with E-state index in [1.807, 2.05) is 13.8 Å². The van der Waals surface area contributed by atoms with E-state index in [0.717, 1.165) is 5.39 Å². The van der Waals surface area contributed by atoms with E-state index in [1.54, 1.807) is 18.3 Å². The maximum Gasteiger partial charge on any atom is 0.228 e. The van der Waals surface area contributed by atoms with E-state index in [1.165, 1.54) is 0 Å². The van der Waals surface area contributed by atoms with E-state index in [0.29, 0.717) is 22.2 Å². The number of pyridine rings is 2. The van der Waals surface area contributed by atoms with Crippen molar-refractivity contribution < 1.29 is 4.79 Å². The Morgan fingerprint density at radius 3 is 2.83 bits per heavy atom. The number of hydrogen-bond acceptors (Lipinski definition) is 4. The lowest BCUT2D eigenvalue weighted by Gasteiger charge is -2.08. The summed E-state index contributed by atoms with van der Waals surface area (Å²) >= 11 is 5.83. The van der Waals surface area contributed by atoms with Crippen molar-refractivity contribution in [3.05, 3.63) is 23.5 Å².